The molecule has 2 heterocycles. The van der Waals surface area contributed by atoms with E-state index in [2.05, 4.69) is 35.9 Å². The summed E-state index contributed by atoms with van der Waals surface area (Å²) in [5.41, 5.74) is 0. The van der Waals surface area contributed by atoms with Gasteiger partial charge in [0, 0.05) is 32.8 Å². The molecule has 172 valence electrons. The van der Waals surface area contributed by atoms with Gasteiger partial charge in [0.15, 0.2) is 5.96 Å². The minimum absolute atomic E-state index is 0. The summed E-state index contributed by atoms with van der Waals surface area (Å²) in [5, 5.41) is 3.48. The van der Waals surface area contributed by atoms with Crippen LogP contribution in [0.3, 0.4) is 0 Å². The van der Waals surface area contributed by atoms with E-state index >= 15 is 0 Å². The first kappa shape index (κ1) is 26.9. The monoisotopic (exact) mass is 524 g/mol. The molecule has 2 rings (SSSR count). The molecule has 6 nitrogen and oxygen atoms in total. The van der Waals surface area contributed by atoms with Crippen LogP contribution in [0.4, 0.5) is 0 Å². The van der Waals surface area contributed by atoms with E-state index in [1.54, 1.807) is 0 Å². The molecule has 2 fully saturated rings. The van der Waals surface area contributed by atoms with Crippen molar-refractivity contribution in [2.24, 2.45) is 4.99 Å². The summed E-state index contributed by atoms with van der Waals surface area (Å²) in [6.07, 6.45) is 8.89. The van der Waals surface area contributed by atoms with Crippen molar-refractivity contribution in [3.8, 4) is 0 Å². The Morgan fingerprint density at radius 2 is 1.86 bits per heavy atom. The Morgan fingerprint density at radius 3 is 2.48 bits per heavy atom. The number of halogens is 1. The molecule has 2 aliphatic rings. The Bertz CT molecular complexity index is 421. The van der Waals surface area contributed by atoms with Crippen LogP contribution in [0, 0.1) is 0 Å². The minimum Gasteiger partial charge on any atom is -0.376 e. The molecule has 0 aliphatic carbocycles. The number of ether oxygens (including phenoxy) is 2. The molecular formula is C22H45IN4O2. The number of hydrogen-bond acceptors (Lipinski definition) is 4. The summed E-state index contributed by atoms with van der Waals surface area (Å²) in [5.74, 6) is 1.08. The van der Waals surface area contributed by atoms with E-state index in [0.717, 1.165) is 84.1 Å². The van der Waals surface area contributed by atoms with E-state index in [4.69, 9.17) is 14.5 Å². The fourth-order valence-electron chi connectivity index (χ4n) is 4.01. The first-order valence-corrected chi connectivity index (χ1v) is 11.8. The summed E-state index contributed by atoms with van der Waals surface area (Å²) in [4.78, 5) is 9.77. The number of unbranched alkanes of at least 4 members (excludes halogenated alkanes) is 1. The van der Waals surface area contributed by atoms with Gasteiger partial charge in [0.25, 0.3) is 0 Å². The molecule has 0 saturated carbocycles. The molecule has 2 aliphatic heterocycles. The van der Waals surface area contributed by atoms with Gasteiger partial charge in [-0.1, -0.05) is 13.8 Å². The zero-order valence-corrected chi connectivity index (χ0v) is 21.4. The van der Waals surface area contributed by atoms with Crippen molar-refractivity contribution < 1.29 is 9.47 Å². The van der Waals surface area contributed by atoms with Gasteiger partial charge in [-0.3, -0.25) is 4.99 Å². The third-order valence-corrected chi connectivity index (χ3v) is 5.91. The second-order valence-electron chi connectivity index (χ2n) is 7.98. The van der Waals surface area contributed by atoms with Gasteiger partial charge in [-0.2, -0.15) is 0 Å². The highest BCUT2D eigenvalue weighted by Gasteiger charge is 2.23. The number of nitrogens with one attached hydrogen (secondary N) is 1. The topological polar surface area (TPSA) is 49.3 Å². The lowest BCUT2D eigenvalue weighted by Crippen LogP contribution is -2.47. The van der Waals surface area contributed by atoms with Crippen molar-refractivity contribution in [3.63, 3.8) is 0 Å². The Morgan fingerprint density at radius 1 is 1.10 bits per heavy atom. The first-order valence-electron chi connectivity index (χ1n) is 11.8. The number of nitrogens with zero attached hydrogens (tertiary/aromatic N) is 3. The van der Waals surface area contributed by atoms with Crippen LogP contribution in [0.5, 0.6) is 0 Å². The number of likely N-dealkylation sites (tertiary alicyclic amines) is 1. The highest BCUT2D eigenvalue weighted by atomic mass is 127. The molecule has 1 unspecified atom stereocenters. The summed E-state index contributed by atoms with van der Waals surface area (Å²) < 4.78 is 11.9. The van der Waals surface area contributed by atoms with Crippen LogP contribution >= 0.6 is 24.0 Å². The van der Waals surface area contributed by atoms with Crippen molar-refractivity contribution in [2.45, 2.75) is 77.9 Å². The van der Waals surface area contributed by atoms with Crippen molar-refractivity contribution in [3.05, 3.63) is 0 Å². The third-order valence-electron chi connectivity index (χ3n) is 5.91. The average Bonchev–Trinajstić information content (AvgIpc) is 2.75. The SMILES string of the molecule is CCNC(=NCCCCN(CC)CC)N1CCC(OCC2CCCCO2)CC1.I. The quantitative estimate of drug-likeness (QED) is 0.193. The molecule has 0 spiro atoms. The van der Waals surface area contributed by atoms with Crippen LogP contribution in [0.15, 0.2) is 4.99 Å². The summed E-state index contributed by atoms with van der Waals surface area (Å²) >= 11 is 0. The van der Waals surface area contributed by atoms with Crippen LogP contribution in [-0.2, 0) is 9.47 Å². The van der Waals surface area contributed by atoms with Crippen molar-refractivity contribution in [2.75, 3.05) is 59.0 Å². The summed E-state index contributed by atoms with van der Waals surface area (Å²) in [6, 6.07) is 0. The fourth-order valence-corrected chi connectivity index (χ4v) is 4.01. The third kappa shape index (κ3) is 10.6. The van der Waals surface area contributed by atoms with Crippen molar-refractivity contribution in [1.29, 1.82) is 0 Å². The van der Waals surface area contributed by atoms with Gasteiger partial charge in [-0.15, -0.1) is 24.0 Å². The number of piperidine rings is 1. The van der Waals surface area contributed by atoms with Crippen molar-refractivity contribution in [1.82, 2.24) is 15.1 Å². The highest BCUT2D eigenvalue weighted by Crippen LogP contribution is 2.18. The number of hydrogen-bond donors (Lipinski definition) is 1. The molecule has 0 amide bonds. The molecular weight excluding hydrogens is 479 g/mol. The van der Waals surface area contributed by atoms with E-state index in [9.17, 15) is 0 Å². The molecule has 1 atom stereocenters. The maximum atomic E-state index is 6.15. The smallest absolute Gasteiger partial charge is 0.193 e. The van der Waals surface area contributed by atoms with Gasteiger partial charge in [0.05, 0.1) is 18.8 Å². The minimum atomic E-state index is 0. The van der Waals surface area contributed by atoms with Gasteiger partial charge in [0.1, 0.15) is 0 Å². The maximum Gasteiger partial charge on any atom is 0.193 e. The second kappa shape index (κ2) is 16.6. The van der Waals surface area contributed by atoms with Crippen LogP contribution in [0.25, 0.3) is 0 Å². The largest absolute Gasteiger partial charge is 0.376 e. The summed E-state index contributed by atoms with van der Waals surface area (Å²) in [7, 11) is 0. The molecule has 0 radical (unpaired) electrons. The second-order valence-corrected chi connectivity index (χ2v) is 7.98. The Hall–Kier alpha value is -0.120. The zero-order valence-electron chi connectivity index (χ0n) is 19.0. The Labute approximate surface area is 196 Å². The van der Waals surface area contributed by atoms with E-state index in [1.807, 2.05) is 0 Å². The predicted molar refractivity (Wildman–Crippen MR) is 133 cm³/mol. The lowest BCUT2D eigenvalue weighted by atomic mass is 10.1. The molecule has 0 aromatic carbocycles. The van der Waals surface area contributed by atoms with Crippen LogP contribution in [-0.4, -0.2) is 87.0 Å². The lowest BCUT2D eigenvalue weighted by molar-refractivity contribution is -0.0721. The van der Waals surface area contributed by atoms with Crippen LogP contribution in [0.2, 0.25) is 0 Å². The zero-order chi connectivity index (χ0) is 20.0. The van der Waals surface area contributed by atoms with E-state index in [1.165, 1.54) is 25.8 Å². The molecule has 1 N–H and O–H groups in total. The normalized spacial score (nSPS) is 21.3. The van der Waals surface area contributed by atoms with E-state index in [0.29, 0.717) is 12.2 Å². The summed E-state index contributed by atoms with van der Waals surface area (Å²) in [6.45, 7) is 15.7. The van der Waals surface area contributed by atoms with Crippen LogP contribution in [0.1, 0.15) is 65.7 Å². The first-order chi connectivity index (χ1) is 13.8. The van der Waals surface area contributed by atoms with Gasteiger partial charge in [0.2, 0.25) is 0 Å². The van der Waals surface area contributed by atoms with E-state index < -0.39 is 0 Å². The molecule has 29 heavy (non-hydrogen) atoms. The number of guanidine groups is 1. The van der Waals surface area contributed by atoms with Gasteiger partial charge >= 0.3 is 0 Å². The average molecular weight is 525 g/mol. The predicted octanol–water partition coefficient (Wildman–Crippen LogP) is 3.74. The Balaban J connectivity index is 0.00000420. The van der Waals surface area contributed by atoms with Gasteiger partial charge in [-0.25, -0.2) is 0 Å². The molecule has 0 aromatic rings. The lowest BCUT2D eigenvalue weighted by Gasteiger charge is -2.35. The van der Waals surface area contributed by atoms with Gasteiger partial charge < -0.3 is 24.6 Å². The fraction of sp³-hybridized carbons (Fsp3) is 0.955. The molecule has 2 saturated heterocycles. The standard InChI is InChI=1S/C22H44N4O2.HI/c1-4-23-22(24-14-8-9-15-25(5-2)6-3)26-16-12-20(13-17-26)28-19-21-11-7-10-18-27-21;/h20-21H,4-19H2,1-3H3,(H,23,24);1H. The Kier molecular flexibility index (Phi) is 15.4. The number of aliphatic imine (C=N–C) groups is 1. The van der Waals surface area contributed by atoms with Gasteiger partial charge in [-0.05, 0) is 71.5 Å². The van der Waals surface area contributed by atoms with Crippen molar-refractivity contribution >= 4 is 29.9 Å². The molecule has 0 bridgehead atoms. The molecule has 7 heteroatoms. The molecule has 0 aromatic heterocycles. The van der Waals surface area contributed by atoms with E-state index in [-0.39, 0.29) is 24.0 Å². The van der Waals surface area contributed by atoms with Crippen LogP contribution < -0.4 is 5.32 Å². The number of rotatable bonds is 11. The highest BCUT2D eigenvalue weighted by molar-refractivity contribution is 14.0. The maximum absolute atomic E-state index is 6.15.